The highest BCUT2D eigenvalue weighted by atomic mass is 19.3. The number of ether oxygens (including phenoxy) is 2. The Kier molecular flexibility index (Phi) is 5.47. The van der Waals surface area contributed by atoms with E-state index in [1.54, 1.807) is 24.3 Å². The zero-order valence-corrected chi connectivity index (χ0v) is 16.1. The number of benzene rings is 2. The van der Waals surface area contributed by atoms with E-state index in [1.807, 2.05) is 10.8 Å². The van der Waals surface area contributed by atoms with Gasteiger partial charge in [-0.2, -0.15) is 13.3 Å². The van der Waals surface area contributed by atoms with Gasteiger partial charge in [0.05, 0.1) is 19.2 Å². The molecule has 0 bridgehead atoms. The third kappa shape index (κ3) is 3.95. The van der Waals surface area contributed by atoms with Crippen molar-refractivity contribution in [3.05, 3.63) is 60.3 Å². The minimum Gasteiger partial charge on any atom is -0.497 e. The van der Waals surface area contributed by atoms with E-state index in [9.17, 15) is 13.2 Å². The first-order valence-corrected chi connectivity index (χ1v) is 9.60. The molecule has 0 saturated heterocycles. The molecule has 2 aromatic carbocycles. The van der Waals surface area contributed by atoms with Crippen LogP contribution < -0.4 is 14.0 Å². The van der Waals surface area contributed by atoms with Crippen molar-refractivity contribution in [1.82, 2.24) is 4.57 Å². The lowest BCUT2D eigenvalue weighted by molar-refractivity contribution is -0.692. The van der Waals surface area contributed by atoms with Crippen LogP contribution in [0.25, 0.3) is 16.9 Å². The van der Waals surface area contributed by atoms with E-state index < -0.39 is 6.61 Å². The summed E-state index contributed by atoms with van der Waals surface area (Å²) in [6.07, 6.45) is 5.93. The molecule has 0 radical (unpaired) electrons. The highest BCUT2D eigenvalue weighted by molar-refractivity contribution is 5.59. The summed E-state index contributed by atoms with van der Waals surface area (Å²) in [6, 6.07) is 11.4. The molecule has 0 saturated carbocycles. The minimum absolute atomic E-state index is 0.107. The summed E-state index contributed by atoms with van der Waals surface area (Å²) < 4.78 is 53.4. The Morgan fingerprint density at radius 2 is 1.76 bits per heavy atom. The van der Waals surface area contributed by atoms with E-state index in [0.717, 1.165) is 49.4 Å². The third-order valence-electron chi connectivity index (χ3n) is 5.21. The number of hydrogen-bond donors (Lipinski definition) is 0. The average molecular weight is 403 g/mol. The Morgan fingerprint density at radius 1 is 1.00 bits per heavy atom. The van der Waals surface area contributed by atoms with Crippen molar-refractivity contribution >= 4 is 0 Å². The number of fused-ring (bicyclic) bond motifs is 1. The summed E-state index contributed by atoms with van der Waals surface area (Å²) in [5, 5.41) is 0. The van der Waals surface area contributed by atoms with Crippen LogP contribution in [0.15, 0.2) is 48.7 Å². The predicted molar refractivity (Wildman–Crippen MR) is 102 cm³/mol. The Bertz CT molecular complexity index is 1000. The first-order valence-electron chi connectivity index (χ1n) is 9.60. The molecule has 1 aliphatic heterocycles. The maximum atomic E-state index is 14.8. The van der Waals surface area contributed by atoms with Crippen molar-refractivity contribution < 1.29 is 27.2 Å². The van der Waals surface area contributed by atoms with Crippen LogP contribution >= 0.6 is 0 Å². The second-order valence-corrected chi connectivity index (χ2v) is 6.98. The number of imidazole rings is 1. The number of nitrogens with zero attached hydrogens (tertiary/aromatic N) is 2. The number of aromatic nitrogens is 2. The summed E-state index contributed by atoms with van der Waals surface area (Å²) in [5.41, 5.74) is 2.11. The topological polar surface area (TPSA) is 27.3 Å². The molecule has 0 aliphatic carbocycles. The first kappa shape index (κ1) is 19.4. The molecule has 0 unspecified atom stereocenters. The highest BCUT2D eigenvalue weighted by Crippen LogP contribution is 2.28. The van der Waals surface area contributed by atoms with Crippen molar-refractivity contribution in [2.24, 2.45) is 0 Å². The van der Waals surface area contributed by atoms with Crippen molar-refractivity contribution in [2.75, 3.05) is 7.11 Å². The Morgan fingerprint density at radius 3 is 2.45 bits per heavy atom. The smallest absolute Gasteiger partial charge is 0.387 e. The fourth-order valence-electron chi connectivity index (χ4n) is 3.83. The molecule has 1 aromatic heterocycles. The monoisotopic (exact) mass is 403 g/mol. The van der Waals surface area contributed by atoms with Gasteiger partial charge >= 0.3 is 6.61 Å². The van der Waals surface area contributed by atoms with Crippen LogP contribution in [-0.4, -0.2) is 18.3 Å². The van der Waals surface area contributed by atoms with Gasteiger partial charge in [-0.3, -0.25) is 0 Å². The number of rotatable bonds is 5. The molecule has 0 fully saturated rings. The lowest BCUT2D eigenvalue weighted by Gasteiger charge is -2.06. The van der Waals surface area contributed by atoms with Crippen LogP contribution in [0, 0.1) is 5.82 Å². The summed E-state index contributed by atoms with van der Waals surface area (Å²) in [5.74, 6) is 1.30. The molecule has 1 aliphatic rings. The van der Waals surface area contributed by atoms with Crippen molar-refractivity contribution in [3.63, 3.8) is 0 Å². The minimum atomic E-state index is -2.86. The predicted octanol–water partition coefficient (Wildman–Crippen LogP) is 4.91. The van der Waals surface area contributed by atoms with Crippen LogP contribution in [0.1, 0.15) is 25.1 Å². The zero-order chi connectivity index (χ0) is 20.4. The van der Waals surface area contributed by atoms with Crippen LogP contribution in [0.4, 0.5) is 13.2 Å². The fraction of sp³-hybridized carbons (Fsp3) is 0.318. The second-order valence-electron chi connectivity index (χ2n) is 6.98. The molecule has 7 heteroatoms. The highest BCUT2D eigenvalue weighted by Gasteiger charge is 2.28. The average Bonchev–Trinajstić information content (AvgIpc) is 2.89. The van der Waals surface area contributed by atoms with Gasteiger partial charge in [-0.25, -0.2) is 8.96 Å². The van der Waals surface area contributed by atoms with E-state index in [4.69, 9.17) is 4.74 Å². The van der Waals surface area contributed by atoms with Gasteiger partial charge < -0.3 is 9.47 Å². The molecular weight excluding hydrogens is 381 g/mol. The van der Waals surface area contributed by atoms with Gasteiger partial charge in [-0.15, -0.1) is 0 Å². The summed E-state index contributed by atoms with van der Waals surface area (Å²) >= 11 is 0. The van der Waals surface area contributed by atoms with E-state index in [0.29, 0.717) is 11.3 Å². The lowest BCUT2D eigenvalue weighted by Crippen LogP contribution is -2.38. The van der Waals surface area contributed by atoms with Gasteiger partial charge in [-0.05, 0) is 55.7 Å². The Balaban J connectivity index is 1.79. The normalized spacial score (nSPS) is 13.8. The molecule has 0 atom stereocenters. The first-order chi connectivity index (χ1) is 14.1. The molecule has 0 N–H and O–H groups in total. The number of alkyl halides is 2. The standard InChI is InChI=1S/C22H22F3N2O2/c1-28-17-10-11-18(19(23)13-17)20-14-27(21-5-3-2-4-12-26(20)21)15-6-8-16(9-7-15)29-22(24)25/h6-11,13-14,22H,2-5,12H2,1H3/q+1. The quantitative estimate of drug-likeness (QED) is 0.566. The molecular formula is C22H22F3N2O2+. The molecule has 29 heavy (non-hydrogen) atoms. The molecule has 4 nitrogen and oxygen atoms in total. The van der Waals surface area contributed by atoms with Crippen LogP contribution in [0.5, 0.6) is 11.5 Å². The Labute approximate surface area is 167 Å². The zero-order valence-electron chi connectivity index (χ0n) is 16.1. The molecule has 3 aromatic rings. The number of methoxy groups -OCH3 is 1. The maximum absolute atomic E-state index is 14.8. The third-order valence-corrected chi connectivity index (χ3v) is 5.21. The molecule has 152 valence electrons. The number of hydrogen-bond acceptors (Lipinski definition) is 2. The van der Waals surface area contributed by atoms with E-state index in [2.05, 4.69) is 9.30 Å². The van der Waals surface area contributed by atoms with Crippen LogP contribution in [0.2, 0.25) is 0 Å². The largest absolute Gasteiger partial charge is 0.497 e. The molecule has 0 spiro atoms. The van der Waals surface area contributed by atoms with Crippen LogP contribution in [-0.2, 0) is 13.0 Å². The van der Waals surface area contributed by atoms with Gasteiger partial charge in [0.1, 0.15) is 29.2 Å². The van der Waals surface area contributed by atoms with Gasteiger partial charge in [0, 0.05) is 12.5 Å². The van der Waals surface area contributed by atoms with Gasteiger partial charge in [0.2, 0.25) is 0 Å². The molecule has 2 heterocycles. The Hall–Kier alpha value is -2.96. The maximum Gasteiger partial charge on any atom is 0.387 e. The van der Waals surface area contributed by atoms with Crippen molar-refractivity contribution in [2.45, 2.75) is 38.8 Å². The van der Waals surface area contributed by atoms with Crippen molar-refractivity contribution in [1.29, 1.82) is 0 Å². The fourth-order valence-corrected chi connectivity index (χ4v) is 3.83. The summed E-state index contributed by atoms with van der Waals surface area (Å²) in [4.78, 5) is 0. The van der Waals surface area contributed by atoms with Gasteiger partial charge in [0.15, 0.2) is 5.69 Å². The molecule has 0 amide bonds. The van der Waals surface area contributed by atoms with E-state index >= 15 is 0 Å². The van der Waals surface area contributed by atoms with Gasteiger partial charge in [0.25, 0.3) is 5.82 Å². The SMILES string of the molecule is COc1ccc(-c2cn(-c3ccc(OC(F)F)cc3)c3[n+]2CCCCC3)c(F)c1. The van der Waals surface area contributed by atoms with E-state index in [1.165, 1.54) is 25.3 Å². The van der Waals surface area contributed by atoms with Crippen LogP contribution in [0.3, 0.4) is 0 Å². The second kappa shape index (κ2) is 8.19. The van der Waals surface area contributed by atoms with Gasteiger partial charge in [-0.1, -0.05) is 0 Å². The number of halogens is 3. The van der Waals surface area contributed by atoms with E-state index in [-0.39, 0.29) is 11.6 Å². The van der Waals surface area contributed by atoms with Crippen molar-refractivity contribution in [3.8, 4) is 28.4 Å². The molecule has 4 rings (SSSR count). The summed E-state index contributed by atoms with van der Waals surface area (Å²) in [6.45, 7) is -2.06. The summed E-state index contributed by atoms with van der Waals surface area (Å²) in [7, 11) is 1.51. The lowest BCUT2D eigenvalue weighted by atomic mass is 10.1.